The first-order valence-corrected chi connectivity index (χ1v) is 4.13. The van der Waals surface area contributed by atoms with E-state index in [-0.39, 0.29) is 0 Å². The highest BCUT2D eigenvalue weighted by Crippen LogP contribution is 2.08. The second-order valence-corrected chi connectivity index (χ2v) is 2.97. The molecule has 10 heavy (non-hydrogen) atoms. The standard InChI is InChI=1S/C5H4N4P/c1-10-8-2-4-5(9-10)7-3-6-4/h2-3H,1H2/q+1. The summed E-state index contributed by atoms with van der Waals surface area (Å²) in [5.74, 6) is 0.677. The molecule has 5 heteroatoms. The first kappa shape index (κ1) is 5.62. The van der Waals surface area contributed by atoms with E-state index in [0.717, 1.165) is 5.36 Å². The molecule has 0 aliphatic carbocycles. The van der Waals surface area contributed by atoms with E-state index in [0.29, 0.717) is 5.82 Å². The molecule has 1 unspecified atom stereocenters. The smallest absolute Gasteiger partial charge is 0.231 e. The topological polar surface area (TPSA) is 50.5 Å². The molecule has 0 bridgehead atoms. The molecule has 1 aromatic rings. The first-order chi connectivity index (χ1) is 4.86. The van der Waals surface area contributed by atoms with E-state index in [9.17, 15) is 0 Å². The minimum Gasteiger partial charge on any atom is -0.231 e. The minimum atomic E-state index is -0.811. The molecule has 48 valence electrons. The molecule has 0 saturated heterocycles. The van der Waals surface area contributed by atoms with Crippen LogP contribution in [0.25, 0.3) is 0 Å². The molecular formula is C5H4N4P+. The second kappa shape index (κ2) is 1.92. The molecule has 1 atom stereocenters. The van der Waals surface area contributed by atoms with Gasteiger partial charge in [0.1, 0.15) is 24.2 Å². The van der Waals surface area contributed by atoms with Gasteiger partial charge in [-0.15, -0.1) is 0 Å². The molecule has 1 aromatic heterocycles. The molecule has 1 aliphatic rings. The van der Waals surface area contributed by atoms with Crippen LogP contribution in [0.1, 0.15) is 0 Å². The molecule has 0 fully saturated rings. The molecule has 0 aromatic carbocycles. The van der Waals surface area contributed by atoms with Crippen LogP contribution in [0.2, 0.25) is 0 Å². The number of aromatic nitrogens is 2. The Morgan fingerprint density at radius 3 is 3.30 bits per heavy atom. The fraction of sp³-hybridized carbons (Fsp3) is 0. The van der Waals surface area contributed by atoms with E-state index in [4.69, 9.17) is 0 Å². The lowest BCUT2D eigenvalue weighted by molar-refractivity contribution is 1.30. The van der Waals surface area contributed by atoms with Crippen LogP contribution < -0.4 is 5.36 Å². The van der Waals surface area contributed by atoms with Crippen LogP contribution in [-0.2, 0) is 0 Å². The predicted octanol–water partition coefficient (Wildman–Crippen LogP) is 0.677. The number of hydrogen-bond acceptors (Lipinski definition) is 4. The van der Waals surface area contributed by atoms with Crippen molar-refractivity contribution in [2.45, 2.75) is 0 Å². The predicted molar refractivity (Wildman–Crippen MR) is 39.2 cm³/mol. The van der Waals surface area contributed by atoms with Crippen LogP contribution in [0.3, 0.4) is 0 Å². The van der Waals surface area contributed by atoms with Gasteiger partial charge in [-0.2, -0.15) is 0 Å². The van der Waals surface area contributed by atoms with Gasteiger partial charge >= 0.3 is 7.47 Å². The lowest BCUT2D eigenvalue weighted by Crippen LogP contribution is -1.98. The normalized spacial score (nSPS) is 14.6. The van der Waals surface area contributed by atoms with Crippen molar-refractivity contribution in [2.24, 2.45) is 9.98 Å². The summed E-state index contributed by atoms with van der Waals surface area (Å²) in [4.78, 5) is 7.83. The second-order valence-electron chi connectivity index (χ2n) is 1.80. The molecule has 0 N–H and O–H groups in total. The fourth-order valence-corrected chi connectivity index (χ4v) is 1.36. The van der Waals surface area contributed by atoms with Crippen molar-refractivity contribution in [3.8, 4) is 0 Å². The summed E-state index contributed by atoms with van der Waals surface area (Å²) < 4.78 is 8.09. The highest BCUT2D eigenvalue weighted by molar-refractivity contribution is 7.32. The fourth-order valence-electron chi connectivity index (χ4n) is 0.694. The highest BCUT2D eigenvalue weighted by Gasteiger charge is 2.05. The molecule has 0 saturated carbocycles. The van der Waals surface area contributed by atoms with Gasteiger partial charge in [-0.05, 0) is 9.49 Å². The van der Waals surface area contributed by atoms with Crippen LogP contribution in [0.4, 0.5) is 5.82 Å². The summed E-state index contributed by atoms with van der Waals surface area (Å²) in [6.45, 7) is 0. The van der Waals surface area contributed by atoms with Gasteiger partial charge in [0.05, 0.1) is 0 Å². The van der Waals surface area contributed by atoms with Crippen LogP contribution in [0.5, 0.6) is 0 Å². The van der Waals surface area contributed by atoms with Gasteiger partial charge < -0.3 is 0 Å². The number of nitrogens with zero attached hydrogens (tertiary/aromatic N) is 4. The van der Waals surface area contributed by atoms with Crippen molar-refractivity contribution in [3.05, 3.63) is 17.9 Å². The zero-order valence-corrected chi connectivity index (χ0v) is 5.99. The Balaban J connectivity index is 2.89. The lowest BCUT2D eigenvalue weighted by Gasteiger charge is -1.75. The van der Waals surface area contributed by atoms with Crippen LogP contribution in [0.15, 0.2) is 16.2 Å². The van der Waals surface area contributed by atoms with Crippen molar-refractivity contribution >= 4 is 19.6 Å². The maximum atomic E-state index is 4.09. The van der Waals surface area contributed by atoms with Crippen molar-refractivity contribution in [1.82, 2.24) is 9.49 Å². The molecule has 0 radical (unpaired) electrons. The van der Waals surface area contributed by atoms with E-state index in [1.807, 2.05) is 0 Å². The van der Waals surface area contributed by atoms with Crippen LogP contribution in [-0.4, -0.2) is 15.8 Å². The molecule has 0 spiro atoms. The van der Waals surface area contributed by atoms with E-state index in [1.54, 1.807) is 6.20 Å². The Kier molecular flexibility index (Phi) is 1.08. The zero-order chi connectivity index (χ0) is 6.97. The summed E-state index contributed by atoms with van der Waals surface area (Å²) in [5, 5.41) is 0.752. The van der Waals surface area contributed by atoms with Gasteiger partial charge in [-0.25, -0.2) is 9.98 Å². The van der Waals surface area contributed by atoms with Crippen molar-refractivity contribution < 1.29 is 0 Å². The quantitative estimate of drug-likeness (QED) is 0.547. The third-order valence-corrected chi connectivity index (χ3v) is 1.93. The molecule has 2 rings (SSSR count). The molecule has 1 aliphatic heterocycles. The largest absolute Gasteiger partial charge is 0.378 e. The van der Waals surface area contributed by atoms with Gasteiger partial charge in [0.25, 0.3) is 0 Å². The molecule has 0 amide bonds. The summed E-state index contributed by atoms with van der Waals surface area (Å²) in [5.41, 5.74) is 0. The molecule has 4 nitrogen and oxygen atoms in total. The zero-order valence-electron chi connectivity index (χ0n) is 5.10. The minimum absolute atomic E-state index is 0.677. The first-order valence-electron chi connectivity index (χ1n) is 2.70. The van der Waals surface area contributed by atoms with E-state index in [1.165, 1.54) is 6.34 Å². The monoisotopic (exact) mass is 151 g/mol. The third kappa shape index (κ3) is 0.736. The van der Waals surface area contributed by atoms with E-state index >= 15 is 0 Å². The van der Waals surface area contributed by atoms with Gasteiger partial charge in [0.2, 0.25) is 5.82 Å². The van der Waals surface area contributed by atoms with Crippen LogP contribution in [0, 0.1) is 6.30 Å². The van der Waals surface area contributed by atoms with Crippen LogP contribution >= 0.6 is 7.47 Å². The maximum Gasteiger partial charge on any atom is 0.378 e. The van der Waals surface area contributed by atoms with Crippen molar-refractivity contribution in [3.63, 3.8) is 0 Å². The van der Waals surface area contributed by atoms with Gasteiger partial charge in [0.15, 0.2) is 0 Å². The molecular weight excluding hydrogens is 147 g/mol. The Hall–Kier alpha value is -1.15. The number of aliphatic imine (C=N–C) groups is 1. The van der Waals surface area contributed by atoms with E-state index < -0.39 is 7.47 Å². The van der Waals surface area contributed by atoms with Gasteiger partial charge in [0, 0.05) is 0 Å². The molecule has 2 heterocycles. The summed E-state index contributed by atoms with van der Waals surface area (Å²) in [6.07, 6.45) is 6.86. The van der Waals surface area contributed by atoms with Crippen molar-refractivity contribution in [1.29, 1.82) is 0 Å². The Labute approximate surface area is 57.8 Å². The average molecular weight is 151 g/mol. The van der Waals surface area contributed by atoms with Gasteiger partial charge in [-0.3, -0.25) is 0 Å². The van der Waals surface area contributed by atoms with Crippen molar-refractivity contribution in [2.75, 3.05) is 0 Å². The maximum absolute atomic E-state index is 4.09. The number of hydrogen-bond donors (Lipinski definition) is 0. The van der Waals surface area contributed by atoms with Gasteiger partial charge in [-0.1, -0.05) is 0 Å². The Morgan fingerprint density at radius 2 is 2.40 bits per heavy atom. The highest BCUT2D eigenvalue weighted by atomic mass is 31.1. The average Bonchev–Trinajstić information content (AvgIpc) is 2.33. The summed E-state index contributed by atoms with van der Waals surface area (Å²) >= 11 is 0. The number of rotatable bonds is 0. The Morgan fingerprint density at radius 1 is 1.50 bits per heavy atom. The third-order valence-electron chi connectivity index (χ3n) is 1.13. The lowest BCUT2D eigenvalue weighted by atomic mass is 10.6. The number of fused-ring (bicyclic) bond motifs is 1. The summed E-state index contributed by atoms with van der Waals surface area (Å²) in [7, 11) is -0.811. The summed E-state index contributed by atoms with van der Waals surface area (Å²) in [6, 6.07) is 0. The Bertz CT molecular complexity index is 397. The SMILES string of the molecule is C=[p+]1ncc2c(n1)N=CN=2. The van der Waals surface area contributed by atoms with E-state index in [2.05, 4.69) is 25.8 Å².